The van der Waals surface area contributed by atoms with Crippen molar-refractivity contribution in [3.63, 3.8) is 0 Å². The topological polar surface area (TPSA) is 102 Å². The Bertz CT molecular complexity index is 1000. The summed E-state index contributed by atoms with van der Waals surface area (Å²) in [7, 11) is 0. The van der Waals surface area contributed by atoms with Gasteiger partial charge in [0.25, 0.3) is 11.8 Å². The predicted molar refractivity (Wildman–Crippen MR) is 118 cm³/mol. The molecule has 3 amide bonds. The fourth-order valence-corrected chi connectivity index (χ4v) is 3.33. The van der Waals surface area contributed by atoms with Crippen molar-refractivity contribution in [2.24, 2.45) is 0 Å². The fourth-order valence-electron chi connectivity index (χ4n) is 3.33. The lowest BCUT2D eigenvalue weighted by atomic mass is 10.1. The van der Waals surface area contributed by atoms with Crippen molar-refractivity contribution < 1.29 is 28.7 Å². The second-order valence-electron chi connectivity index (χ2n) is 8.31. The van der Waals surface area contributed by atoms with Crippen molar-refractivity contribution in [2.45, 2.75) is 45.8 Å². The average molecular weight is 438 g/mol. The summed E-state index contributed by atoms with van der Waals surface area (Å²) in [6.45, 7) is 7.03. The Morgan fingerprint density at radius 3 is 2.03 bits per heavy atom. The molecular weight excluding hydrogens is 412 g/mol. The summed E-state index contributed by atoms with van der Waals surface area (Å²) >= 11 is 0. The molecule has 1 N–H and O–H groups in total. The number of amides is 3. The number of esters is 1. The molecule has 2 aromatic carbocycles. The van der Waals surface area contributed by atoms with Crippen LogP contribution in [0.2, 0.25) is 0 Å². The van der Waals surface area contributed by atoms with E-state index in [0.717, 1.165) is 4.90 Å². The molecule has 8 heteroatoms. The smallest absolute Gasteiger partial charge is 0.408 e. The molecule has 0 aliphatic carbocycles. The summed E-state index contributed by atoms with van der Waals surface area (Å²) in [6.07, 6.45) is -0.571. The molecule has 0 saturated heterocycles. The van der Waals surface area contributed by atoms with Gasteiger partial charge in [-0.2, -0.15) is 0 Å². The van der Waals surface area contributed by atoms with Crippen molar-refractivity contribution >= 4 is 29.6 Å². The summed E-state index contributed by atoms with van der Waals surface area (Å²) in [5.41, 5.74) is 1.15. The number of carbonyl (C=O) groups excluding carboxylic acids is 4. The van der Waals surface area contributed by atoms with Crippen LogP contribution in [-0.4, -0.2) is 42.1 Å². The van der Waals surface area contributed by atoms with E-state index in [2.05, 4.69) is 5.32 Å². The first-order chi connectivity index (χ1) is 15.1. The van der Waals surface area contributed by atoms with Gasteiger partial charge in [-0.3, -0.25) is 9.59 Å². The highest BCUT2D eigenvalue weighted by molar-refractivity contribution is 6.34. The largest absolute Gasteiger partial charge is 0.464 e. The van der Waals surface area contributed by atoms with E-state index in [0.29, 0.717) is 22.4 Å². The monoisotopic (exact) mass is 438 g/mol. The van der Waals surface area contributed by atoms with E-state index < -0.39 is 23.7 Å². The maximum absolute atomic E-state index is 12.6. The minimum atomic E-state index is -0.949. The second kappa shape index (κ2) is 9.21. The Hall–Kier alpha value is -3.68. The highest BCUT2D eigenvalue weighted by Gasteiger charge is 2.36. The van der Waals surface area contributed by atoms with Crippen molar-refractivity contribution in [3.05, 3.63) is 65.2 Å². The van der Waals surface area contributed by atoms with E-state index in [1.54, 1.807) is 76.2 Å². The van der Waals surface area contributed by atoms with Crippen LogP contribution in [0, 0.1) is 0 Å². The molecule has 0 aromatic heterocycles. The minimum Gasteiger partial charge on any atom is -0.464 e. The molecular formula is C24H26N2O6. The Morgan fingerprint density at radius 2 is 1.53 bits per heavy atom. The lowest BCUT2D eigenvalue weighted by molar-refractivity contribution is -0.145. The second-order valence-corrected chi connectivity index (χ2v) is 8.31. The number of nitrogens with one attached hydrogen (secondary N) is 1. The number of hydrogen-bond acceptors (Lipinski definition) is 6. The van der Waals surface area contributed by atoms with Crippen LogP contribution in [0.25, 0.3) is 0 Å². The Morgan fingerprint density at radius 1 is 0.969 bits per heavy atom. The Labute approximate surface area is 186 Å². The van der Waals surface area contributed by atoms with Gasteiger partial charge in [0.15, 0.2) is 0 Å². The van der Waals surface area contributed by atoms with Gasteiger partial charge in [-0.25, -0.2) is 14.5 Å². The SMILES string of the molecule is CCOC(=O)C(Cc1ccc(N2C(=O)c3ccccc3C2=O)cc1)NC(=O)OC(C)(C)C. The molecule has 1 atom stereocenters. The van der Waals surface area contributed by atoms with Gasteiger partial charge >= 0.3 is 12.1 Å². The van der Waals surface area contributed by atoms with Gasteiger partial charge in [0.05, 0.1) is 23.4 Å². The first kappa shape index (κ1) is 23.0. The average Bonchev–Trinajstić information content (AvgIpc) is 2.98. The van der Waals surface area contributed by atoms with E-state index in [1.165, 1.54) is 0 Å². The van der Waals surface area contributed by atoms with Crippen molar-refractivity contribution in [2.75, 3.05) is 11.5 Å². The number of imide groups is 1. The molecule has 1 unspecified atom stereocenters. The van der Waals surface area contributed by atoms with E-state index in [-0.39, 0.29) is 24.8 Å². The number of nitrogens with zero attached hydrogens (tertiary/aromatic N) is 1. The molecule has 3 rings (SSSR count). The highest BCUT2D eigenvalue weighted by atomic mass is 16.6. The van der Waals surface area contributed by atoms with Gasteiger partial charge in [-0.15, -0.1) is 0 Å². The predicted octanol–water partition coefficient (Wildman–Crippen LogP) is 3.49. The lowest BCUT2D eigenvalue weighted by Crippen LogP contribution is -2.45. The zero-order valence-corrected chi connectivity index (χ0v) is 18.5. The molecule has 0 saturated carbocycles. The number of rotatable bonds is 6. The molecule has 0 spiro atoms. The molecule has 0 fully saturated rings. The summed E-state index contributed by atoms with van der Waals surface area (Å²) < 4.78 is 10.3. The third-order valence-electron chi connectivity index (χ3n) is 4.69. The van der Waals surface area contributed by atoms with Crippen molar-refractivity contribution in [1.82, 2.24) is 5.32 Å². The van der Waals surface area contributed by atoms with Crippen LogP contribution in [0.1, 0.15) is 54.0 Å². The van der Waals surface area contributed by atoms with Crippen LogP contribution in [0.15, 0.2) is 48.5 Å². The van der Waals surface area contributed by atoms with Crippen LogP contribution in [0.4, 0.5) is 10.5 Å². The standard InChI is InChI=1S/C24H26N2O6/c1-5-31-22(29)19(25-23(30)32-24(2,3)4)14-15-10-12-16(13-11-15)26-20(27)17-8-6-7-9-18(17)21(26)28/h6-13,19H,5,14H2,1-4H3,(H,25,30). The van der Waals surface area contributed by atoms with Crippen LogP contribution in [0.5, 0.6) is 0 Å². The highest BCUT2D eigenvalue weighted by Crippen LogP contribution is 2.28. The number of ether oxygens (including phenoxy) is 2. The lowest BCUT2D eigenvalue weighted by Gasteiger charge is -2.23. The third-order valence-corrected chi connectivity index (χ3v) is 4.69. The number of alkyl carbamates (subject to hydrolysis) is 1. The molecule has 168 valence electrons. The van der Waals surface area contributed by atoms with Crippen LogP contribution < -0.4 is 10.2 Å². The summed E-state index contributed by atoms with van der Waals surface area (Å²) in [5.74, 6) is -1.34. The molecule has 1 heterocycles. The molecule has 32 heavy (non-hydrogen) atoms. The van der Waals surface area contributed by atoms with E-state index in [4.69, 9.17) is 9.47 Å². The maximum atomic E-state index is 12.6. The first-order valence-electron chi connectivity index (χ1n) is 10.3. The Balaban J connectivity index is 1.75. The first-order valence-corrected chi connectivity index (χ1v) is 10.3. The van der Waals surface area contributed by atoms with Gasteiger partial charge in [-0.05, 0) is 57.5 Å². The fraction of sp³-hybridized carbons (Fsp3) is 0.333. The molecule has 1 aliphatic heterocycles. The maximum Gasteiger partial charge on any atom is 0.408 e. The van der Waals surface area contributed by atoms with Gasteiger partial charge in [0.1, 0.15) is 11.6 Å². The van der Waals surface area contributed by atoms with Gasteiger partial charge in [-0.1, -0.05) is 24.3 Å². The van der Waals surface area contributed by atoms with Crippen LogP contribution >= 0.6 is 0 Å². The zero-order valence-electron chi connectivity index (χ0n) is 18.5. The number of anilines is 1. The molecule has 0 radical (unpaired) electrons. The number of fused-ring (bicyclic) bond motifs is 1. The van der Waals surface area contributed by atoms with Crippen LogP contribution in [-0.2, 0) is 20.7 Å². The molecule has 0 bridgehead atoms. The van der Waals surface area contributed by atoms with Crippen molar-refractivity contribution in [1.29, 1.82) is 0 Å². The summed E-state index contributed by atoms with van der Waals surface area (Å²) in [5, 5.41) is 2.55. The zero-order chi connectivity index (χ0) is 23.5. The number of carbonyl (C=O) groups is 4. The van der Waals surface area contributed by atoms with E-state index in [1.807, 2.05) is 0 Å². The van der Waals surface area contributed by atoms with Crippen molar-refractivity contribution in [3.8, 4) is 0 Å². The van der Waals surface area contributed by atoms with E-state index in [9.17, 15) is 19.2 Å². The molecule has 2 aromatic rings. The molecule has 8 nitrogen and oxygen atoms in total. The molecule has 1 aliphatic rings. The van der Waals surface area contributed by atoms with Gasteiger partial charge in [0, 0.05) is 6.42 Å². The van der Waals surface area contributed by atoms with Gasteiger partial charge in [0.2, 0.25) is 0 Å². The number of benzene rings is 2. The van der Waals surface area contributed by atoms with Gasteiger partial charge < -0.3 is 14.8 Å². The summed E-state index contributed by atoms with van der Waals surface area (Å²) in [6, 6.07) is 12.4. The quantitative estimate of drug-likeness (QED) is 0.547. The number of hydrogen-bond donors (Lipinski definition) is 1. The van der Waals surface area contributed by atoms with E-state index >= 15 is 0 Å². The normalized spacial score (nSPS) is 14.1. The third kappa shape index (κ3) is 5.14. The summed E-state index contributed by atoms with van der Waals surface area (Å²) in [4.78, 5) is 50.9. The Kier molecular flexibility index (Phi) is 6.62. The minimum absolute atomic E-state index is 0.153. The van der Waals surface area contributed by atoms with Crippen LogP contribution in [0.3, 0.4) is 0 Å².